The smallest absolute Gasteiger partial charge is 0.346 e. The number of hydrogen-bond acceptors (Lipinski definition) is 5. The molecule has 1 saturated heterocycles. The van der Waals surface area contributed by atoms with Crippen LogP contribution in [-0.4, -0.2) is 47.6 Å². The highest BCUT2D eigenvalue weighted by atomic mass is 16.6. The van der Waals surface area contributed by atoms with Gasteiger partial charge in [-0.3, -0.25) is 4.90 Å². The number of para-hydroxylation sites is 1. The molecule has 5 rings (SSSR count). The number of nitrogens with zero attached hydrogens (tertiary/aromatic N) is 1. The lowest BCUT2D eigenvalue weighted by Crippen LogP contribution is -2.52. The third kappa shape index (κ3) is 2.16. The second-order valence-electron chi connectivity index (χ2n) is 7.59. The minimum atomic E-state index is -0.708. The van der Waals surface area contributed by atoms with E-state index in [0.717, 1.165) is 24.1 Å². The summed E-state index contributed by atoms with van der Waals surface area (Å²) in [5.41, 5.74) is 3.87. The lowest BCUT2D eigenvalue weighted by molar-refractivity contribution is -0.153. The molecule has 6 nitrogen and oxygen atoms in total. The molecule has 0 radical (unpaired) electrons. The van der Waals surface area contributed by atoms with Crippen LogP contribution >= 0.6 is 0 Å². The van der Waals surface area contributed by atoms with Crippen molar-refractivity contribution in [3.63, 3.8) is 0 Å². The van der Waals surface area contributed by atoms with Gasteiger partial charge in [-0.1, -0.05) is 25.1 Å². The van der Waals surface area contributed by atoms with Crippen LogP contribution in [0.5, 0.6) is 0 Å². The highest BCUT2D eigenvalue weighted by Crippen LogP contribution is 2.50. The molecule has 140 valence electrons. The molecule has 1 aromatic heterocycles. The van der Waals surface area contributed by atoms with Crippen molar-refractivity contribution in [2.24, 2.45) is 0 Å². The van der Waals surface area contributed by atoms with E-state index in [4.69, 9.17) is 9.47 Å². The largest absolute Gasteiger partial charge is 0.465 e. The van der Waals surface area contributed by atoms with Crippen molar-refractivity contribution in [1.82, 2.24) is 9.88 Å². The van der Waals surface area contributed by atoms with Crippen molar-refractivity contribution >= 4 is 22.8 Å². The van der Waals surface area contributed by atoms with Gasteiger partial charge in [-0.05, 0) is 36.5 Å². The number of carbonyl (C=O) groups excluding carboxylic acids is 2. The Labute approximate surface area is 157 Å². The Morgan fingerprint density at radius 3 is 3.00 bits per heavy atom. The average Bonchev–Trinajstić information content (AvgIpc) is 3.20. The number of methoxy groups -OCH3 is 1. The molecule has 1 aromatic carbocycles. The first kappa shape index (κ1) is 16.6. The topological polar surface area (TPSA) is 71.6 Å². The van der Waals surface area contributed by atoms with Gasteiger partial charge in [0.2, 0.25) is 0 Å². The molecule has 0 amide bonds. The van der Waals surface area contributed by atoms with E-state index in [2.05, 4.69) is 28.1 Å². The number of aromatic amines is 1. The van der Waals surface area contributed by atoms with Crippen molar-refractivity contribution in [1.29, 1.82) is 0 Å². The summed E-state index contributed by atoms with van der Waals surface area (Å²) in [6.07, 6.45) is 2.22. The summed E-state index contributed by atoms with van der Waals surface area (Å²) >= 11 is 0. The van der Waals surface area contributed by atoms with Gasteiger partial charge in [-0.25, -0.2) is 9.59 Å². The Morgan fingerprint density at radius 1 is 1.41 bits per heavy atom. The van der Waals surface area contributed by atoms with Crippen LogP contribution in [0.15, 0.2) is 35.4 Å². The molecule has 2 atom stereocenters. The fourth-order valence-electron chi connectivity index (χ4n) is 5.07. The van der Waals surface area contributed by atoms with Crippen LogP contribution in [0, 0.1) is 0 Å². The first-order chi connectivity index (χ1) is 13.1. The van der Waals surface area contributed by atoms with Gasteiger partial charge in [0.15, 0.2) is 0 Å². The molecule has 6 heteroatoms. The zero-order valence-electron chi connectivity index (χ0n) is 15.5. The number of nitrogens with one attached hydrogen (secondary N) is 1. The van der Waals surface area contributed by atoms with Crippen LogP contribution in [0.3, 0.4) is 0 Å². The van der Waals surface area contributed by atoms with E-state index < -0.39 is 17.5 Å². The second-order valence-corrected chi connectivity index (χ2v) is 7.59. The Bertz CT molecular complexity index is 1000. The number of H-pyrrole nitrogens is 1. The molecule has 0 spiro atoms. The first-order valence-electron chi connectivity index (χ1n) is 9.47. The second kappa shape index (κ2) is 5.70. The molecular weight excluding hydrogens is 344 g/mol. The number of carbonyl (C=O) groups is 2. The molecule has 3 aliphatic rings. The molecule has 0 unspecified atom stereocenters. The number of piperidine rings is 1. The van der Waals surface area contributed by atoms with Crippen molar-refractivity contribution in [2.45, 2.75) is 37.8 Å². The van der Waals surface area contributed by atoms with E-state index in [1.807, 2.05) is 13.0 Å². The van der Waals surface area contributed by atoms with Crippen LogP contribution in [0.2, 0.25) is 0 Å². The molecule has 0 bridgehead atoms. The number of hydrogen-bond donors (Lipinski definition) is 1. The maximum Gasteiger partial charge on any atom is 0.346 e. The average molecular weight is 366 g/mol. The summed E-state index contributed by atoms with van der Waals surface area (Å²) in [6, 6.07) is 8.46. The lowest BCUT2D eigenvalue weighted by atomic mass is 9.77. The van der Waals surface area contributed by atoms with E-state index in [-0.39, 0.29) is 11.6 Å². The van der Waals surface area contributed by atoms with Gasteiger partial charge < -0.3 is 14.5 Å². The number of esters is 2. The molecule has 4 heterocycles. The number of fused-ring (bicyclic) bond motifs is 6. The van der Waals surface area contributed by atoms with Crippen molar-refractivity contribution < 1.29 is 19.1 Å². The Hall–Kier alpha value is -2.60. The van der Waals surface area contributed by atoms with Crippen LogP contribution in [-0.2, 0) is 25.5 Å². The molecule has 1 N–H and O–H groups in total. The monoisotopic (exact) mass is 366 g/mol. The van der Waals surface area contributed by atoms with E-state index in [1.54, 1.807) is 0 Å². The number of benzene rings is 1. The van der Waals surface area contributed by atoms with Gasteiger partial charge in [0.25, 0.3) is 0 Å². The van der Waals surface area contributed by atoms with Gasteiger partial charge in [0.05, 0.1) is 13.2 Å². The zero-order valence-corrected chi connectivity index (χ0v) is 15.5. The van der Waals surface area contributed by atoms with Crippen LogP contribution < -0.4 is 0 Å². The first-order valence-corrected chi connectivity index (χ1v) is 9.47. The van der Waals surface area contributed by atoms with Crippen LogP contribution in [0.25, 0.3) is 10.9 Å². The standard InChI is InChI=1S/C21H22N2O4/c1-3-21-11-23-9-8-13-12-6-4-5-7-15(12)22-18(13)16(23)10-14(21)17(19(24)26-2)20(25)27-21/h4-7,16,22H,3,8-11H2,1-2H3/t16-,21+/m1/s1. The van der Waals surface area contributed by atoms with Gasteiger partial charge >= 0.3 is 11.9 Å². The summed E-state index contributed by atoms with van der Waals surface area (Å²) < 4.78 is 10.6. The van der Waals surface area contributed by atoms with Gasteiger partial charge in [0, 0.05) is 29.7 Å². The Morgan fingerprint density at radius 2 is 2.22 bits per heavy atom. The zero-order chi connectivity index (χ0) is 18.8. The fraction of sp³-hybridized carbons (Fsp3) is 0.429. The van der Waals surface area contributed by atoms with E-state index >= 15 is 0 Å². The summed E-state index contributed by atoms with van der Waals surface area (Å²) in [6.45, 7) is 3.54. The highest BCUT2D eigenvalue weighted by molar-refractivity contribution is 6.16. The maximum absolute atomic E-state index is 12.5. The van der Waals surface area contributed by atoms with Crippen molar-refractivity contribution in [3.8, 4) is 0 Å². The summed E-state index contributed by atoms with van der Waals surface area (Å²) in [5.74, 6) is -1.14. The van der Waals surface area contributed by atoms with Gasteiger partial charge in [0.1, 0.15) is 11.2 Å². The number of aromatic nitrogens is 1. The van der Waals surface area contributed by atoms with Crippen molar-refractivity contribution in [2.75, 3.05) is 20.2 Å². The summed E-state index contributed by atoms with van der Waals surface area (Å²) in [4.78, 5) is 30.7. The van der Waals surface area contributed by atoms with E-state index in [0.29, 0.717) is 19.4 Å². The predicted molar refractivity (Wildman–Crippen MR) is 99.1 cm³/mol. The van der Waals surface area contributed by atoms with E-state index in [9.17, 15) is 9.59 Å². The Balaban J connectivity index is 1.64. The van der Waals surface area contributed by atoms with E-state index in [1.165, 1.54) is 23.8 Å². The van der Waals surface area contributed by atoms with Crippen molar-refractivity contribution in [3.05, 3.63) is 46.7 Å². The lowest BCUT2D eigenvalue weighted by Gasteiger charge is -2.47. The minimum absolute atomic E-state index is 0.0993. The number of rotatable bonds is 2. The molecule has 0 saturated carbocycles. The molecule has 1 fully saturated rings. The third-order valence-corrected chi connectivity index (χ3v) is 6.43. The molecular formula is C21H22N2O4. The highest BCUT2D eigenvalue weighted by Gasteiger charge is 2.54. The Kier molecular flexibility index (Phi) is 3.49. The normalized spacial score (nSPS) is 27.2. The van der Waals surface area contributed by atoms with Crippen LogP contribution in [0.4, 0.5) is 0 Å². The van der Waals surface area contributed by atoms with Gasteiger partial charge in [-0.15, -0.1) is 0 Å². The SMILES string of the molecule is CC[C@]12CN3CCc4c([nH]c5ccccc45)[C@H]3CC1=C(C(=O)OC)C(=O)O2. The summed E-state index contributed by atoms with van der Waals surface area (Å²) in [5, 5.41) is 1.26. The maximum atomic E-state index is 12.5. The summed E-state index contributed by atoms with van der Waals surface area (Å²) in [7, 11) is 1.31. The predicted octanol–water partition coefficient (Wildman–Crippen LogP) is 2.65. The minimum Gasteiger partial charge on any atom is -0.465 e. The quantitative estimate of drug-likeness (QED) is 0.654. The fourth-order valence-corrected chi connectivity index (χ4v) is 5.07. The third-order valence-electron chi connectivity index (χ3n) is 6.43. The molecule has 0 aliphatic carbocycles. The van der Waals surface area contributed by atoms with Gasteiger partial charge in [-0.2, -0.15) is 0 Å². The number of ether oxygens (including phenoxy) is 2. The van der Waals surface area contributed by atoms with Crippen LogP contribution in [0.1, 0.15) is 37.1 Å². The molecule has 2 aromatic rings. The molecule has 3 aliphatic heterocycles. The molecule has 27 heavy (non-hydrogen) atoms.